The summed E-state index contributed by atoms with van der Waals surface area (Å²) in [7, 11) is 0. The van der Waals surface area contributed by atoms with E-state index in [-0.39, 0.29) is 12.5 Å². The largest absolute Gasteiger partial charge is 0.483 e. The Bertz CT molecular complexity index is 640. The molecule has 0 aliphatic rings. The Morgan fingerprint density at radius 2 is 2.24 bits per heavy atom. The van der Waals surface area contributed by atoms with Gasteiger partial charge in [0.2, 0.25) is 0 Å². The van der Waals surface area contributed by atoms with Gasteiger partial charge in [-0.25, -0.2) is 4.98 Å². The van der Waals surface area contributed by atoms with E-state index in [1.807, 2.05) is 12.3 Å². The first kappa shape index (κ1) is 15.8. The molecular weight excluding hydrogens is 308 g/mol. The van der Waals surface area contributed by atoms with Gasteiger partial charge in [-0.1, -0.05) is 25.4 Å². The van der Waals surface area contributed by atoms with E-state index in [2.05, 4.69) is 24.1 Å². The third kappa shape index (κ3) is 4.44. The minimum atomic E-state index is -0.228. The van der Waals surface area contributed by atoms with Crippen LogP contribution >= 0.6 is 22.9 Å². The smallest absolute Gasteiger partial charge is 0.264 e. The van der Waals surface area contributed by atoms with Crippen LogP contribution in [-0.4, -0.2) is 17.5 Å². The van der Waals surface area contributed by atoms with Gasteiger partial charge in [0.15, 0.2) is 11.7 Å². The highest BCUT2D eigenvalue weighted by molar-refractivity contribution is 7.13. The third-order valence-electron chi connectivity index (χ3n) is 2.86. The maximum absolute atomic E-state index is 11.8. The lowest BCUT2D eigenvalue weighted by atomic mass is 10.2. The number of anilines is 1. The number of carbonyl (C=O) groups is 1. The van der Waals surface area contributed by atoms with Crippen molar-refractivity contribution in [2.24, 2.45) is 0 Å². The molecule has 0 atom stereocenters. The van der Waals surface area contributed by atoms with Crippen LogP contribution in [0.2, 0.25) is 5.02 Å². The molecule has 0 saturated carbocycles. The van der Waals surface area contributed by atoms with Gasteiger partial charge in [-0.05, 0) is 36.6 Å². The number of halogens is 1. The summed E-state index contributed by atoms with van der Waals surface area (Å²) in [4.78, 5) is 16.2. The molecule has 1 aromatic heterocycles. The monoisotopic (exact) mass is 324 g/mol. The molecule has 0 spiro atoms. The fraction of sp³-hybridized carbons (Fsp3) is 0.333. The first-order chi connectivity index (χ1) is 9.95. The van der Waals surface area contributed by atoms with Crippen LogP contribution in [0.4, 0.5) is 5.13 Å². The molecule has 0 aliphatic heterocycles. The number of hydrogen-bond acceptors (Lipinski definition) is 4. The number of amides is 1. The lowest BCUT2D eigenvalue weighted by Gasteiger charge is -2.08. The number of carbonyl (C=O) groups excluding carboxylic acids is 1. The number of thiazole rings is 1. The lowest BCUT2D eigenvalue weighted by molar-refractivity contribution is -0.118. The van der Waals surface area contributed by atoms with Crippen molar-refractivity contribution >= 4 is 34.0 Å². The zero-order valence-electron chi connectivity index (χ0n) is 12.1. The van der Waals surface area contributed by atoms with Crippen LogP contribution < -0.4 is 10.1 Å². The van der Waals surface area contributed by atoms with E-state index < -0.39 is 0 Å². The molecule has 2 rings (SSSR count). The SMILES string of the molecule is Cc1cc(Cl)ccc1OCC(=O)Nc1nc(C(C)C)cs1. The van der Waals surface area contributed by atoms with Gasteiger partial charge in [0.1, 0.15) is 5.75 Å². The van der Waals surface area contributed by atoms with Crippen LogP contribution in [0, 0.1) is 6.92 Å². The molecule has 21 heavy (non-hydrogen) atoms. The Kier molecular flexibility index (Phi) is 5.20. The molecule has 0 radical (unpaired) electrons. The third-order valence-corrected chi connectivity index (χ3v) is 3.87. The van der Waals surface area contributed by atoms with Gasteiger partial charge in [-0.15, -0.1) is 11.3 Å². The topological polar surface area (TPSA) is 51.2 Å². The van der Waals surface area contributed by atoms with Gasteiger partial charge in [0, 0.05) is 10.4 Å². The van der Waals surface area contributed by atoms with Crippen LogP contribution in [-0.2, 0) is 4.79 Å². The number of ether oxygens (including phenoxy) is 1. The average molecular weight is 325 g/mol. The number of nitrogens with one attached hydrogen (secondary N) is 1. The summed E-state index contributed by atoms with van der Waals surface area (Å²) < 4.78 is 5.49. The van der Waals surface area contributed by atoms with Crippen LogP contribution in [0.15, 0.2) is 23.6 Å². The first-order valence-corrected chi connectivity index (χ1v) is 7.85. The van der Waals surface area contributed by atoms with Crippen LogP contribution in [0.1, 0.15) is 31.0 Å². The summed E-state index contributed by atoms with van der Waals surface area (Å²) in [6.45, 7) is 5.95. The average Bonchev–Trinajstić information content (AvgIpc) is 2.86. The van der Waals surface area contributed by atoms with Gasteiger partial charge < -0.3 is 4.74 Å². The second-order valence-corrected chi connectivity index (χ2v) is 6.27. The molecule has 0 unspecified atom stereocenters. The summed E-state index contributed by atoms with van der Waals surface area (Å²) in [5, 5.41) is 5.93. The fourth-order valence-corrected chi connectivity index (χ4v) is 2.80. The quantitative estimate of drug-likeness (QED) is 0.894. The van der Waals surface area contributed by atoms with Gasteiger partial charge in [-0.2, -0.15) is 0 Å². The molecule has 0 aliphatic carbocycles. The van der Waals surface area contributed by atoms with E-state index in [1.165, 1.54) is 11.3 Å². The summed E-state index contributed by atoms with van der Waals surface area (Å²) >= 11 is 7.29. The lowest BCUT2D eigenvalue weighted by Crippen LogP contribution is -2.20. The van der Waals surface area contributed by atoms with Gasteiger partial charge >= 0.3 is 0 Å². The number of aromatic nitrogens is 1. The van der Waals surface area contributed by atoms with Gasteiger partial charge in [0.05, 0.1) is 5.69 Å². The van der Waals surface area contributed by atoms with Crippen LogP contribution in [0.3, 0.4) is 0 Å². The highest BCUT2D eigenvalue weighted by atomic mass is 35.5. The maximum Gasteiger partial charge on any atom is 0.264 e. The molecule has 0 saturated heterocycles. The normalized spacial score (nSPS) is 10.7. The predicted molar refractivity (Wildman–Crippen MR) is 86.5 cm³/mol. The Morgan fingerprint density at radius 1 is 1.48 bits per heavy atom. The van der Waals surface area contributed by atoms with Crippen molar-refractivity contribution in [1.29, 1.82) is 0 Å². The summed E-state index contributed by atoms with van der Waals surface area (Å²) in [5.74, 6) is 0.769. The van der Waals surface area contributed by atoms with E-state index in [0.29, 0.717) is 21.8 Å². The van der Waals surface area contributed by atoms with Crippen molar-refractivity contribution in [3.63, 3.8) is 0 Å². The molecule has 4 nitrogen and oxygen atoms in total. The molecule has 1 heterocycles. The molecule has 6 heteroatoms. The number of hydrogen-bond donors (Lipinski definition) is 1. The minimum Gasteiger partial charge on any atom is -0.483 e. The van der Waals surface area contributed by atoms with Crippen LogP contribution in [0.25, 0.3) is 0 Å². The zero-order chi connectivity index (χ0) is 15.4. The van der Waals surface area contributed by atoms with Crippen LogP contribution in [0.5, 0.6) is 5.75 Å². The Balaban J connectivity index is 1.89. The second-order valence-electron chi connectivity index (χ2n) is 4.98. The summed E-state index contributed by atoms with van der Waals surface area (Å²) in [5.41, 5.74) is 1.87. The zero-order valence-corrected chi connectivity index (χ0v) is 13.7. The molecule has 1 N–H and O–H groups in total. The molecule has 0 fully saturated rings. The van der Waals surface area contributed by atoms with E-state index in [1.54, 1.807) is 18.2 Å². The molecule has 1 amide bonds. The predicted octanol–water partition coefficient (Wildman–Crippen LogP) is 4.25. The molecule has 1 aromatic carbocycles. The van der Waals surface area contributed by atoms with E-state index in [9.17, 15) is 4.79 Å². The van der Waals surface area contributed by atoms with Crippen molar-refractivity contribution < 1.29 is 9.53 Å². The number of nitrogens with zero attached hydrogens (tertiary/aromatic N) is 1. The standard InChI is InChI=1S/C15H17ClN2O2S/c1-9(2)12-8-21-15(17-12)18-14(19)7-20-13-5-4-11(16)6-10(13)3/h4-6,8-9H,7H2,1-3H3,(H,17,18,19). The maximum atomic E-state index is 11.8. The second kappa shape index (κ2) is 6.91. The molecule has 0 bridgehead atoms. The highest BCUT2D eigenvalue weighted by Gasteiger charge is 2.10. The minimum absolute atomic E-state index is 0.0565. The Morgan fingerprint density at radius 3 is 2.86 bits per heavy atom. The number of benzene rings is 1. The van der Waals surface area contributed by atoms with Gasteiger partial charge in [-0.3, -0.25) is 10.1 Å². The Labute approximate surface area is 133 Å². The number of rotatable bonds is 5. The van der Waals surface area contributed by atoms with E-state index in [4.69, 9.17) is 16.3 Å². The van der Waals surface area contributed by atoms with E-state index in [0.717, 1.165) is 11.3 Å². The summed E-state index contributed by atoms with van der Waals surface area (Å²) in [6.07, 6.45) is 0. The fourth-order valence-electron chi connectivity index (χ4n) is 1.68. The Hall–Kier alpha value is -1.59. The van der Waals surface area contributed by atoms with Crippen molar-refractivity contribution in [1.82, 2.24) is 4.98 Å². The molecular formula is C15H17ClN2O2S. The highest BCUT2D eigenvalue weighted by Crippen LogP contribution is 2.23. The van der Waals surface area contributed by atoms with E-state index >= 15 is 0 Å². The van der Waals surface area contributed by atoms with Crippen molar-refractivity contribution in [3.8, 4) is 5.75 Å². The number of aryl methyl sites for hydroxylation is 1. The van der Waals surface area contributed by atoms with Crippen molar-refractivity contribution in [2.45, 2.75) is 26.7 Å². The first-order valence-electron chi connectivity index (χ1n) is 6.60. The van der Waals surface area contributed by atoms with Gasteiger partial charge in [0.25, 0.3) is 5.91 Å². The van der Waals surface area contributed by atoms with Crippen molar-refractivity contribution in [3.05, 3.63) is 39.9 Å². The van der Waals surface area contributed by atoms with Crippen molar-refractivity contribution in [2.75, 3.05) is 11.9 Å². The molecule has 2 aromatic rings. The summed E-state index contributed by atoms with van der Waals surface area (Å²) in [6, 6.07) is 5.28. The molecule has 112 valence electrons.